The molecule has 0 saturated heterocycles. The summed E-state index contributed by atoms with van der Waals surface area (Å²) in [5, 5.41) is 5.88. The number of nitrogens with zero attached hydrogens (tertiary/aromatic N) is 3. The van der Waals surface area contributed by atoms with Crippen molar-refractivity contribution in [1.29, 1.82) is 0 Å². The van der Waals surface area contributed by atoms with E-state index in [9.17, 15) is 0 Å². The van der Waals surface area contributed by atoms with Gasteiger partial charge in [0.15, 0.2) is 0 Å². The number of para-hydroxylation sites is 3. The molecule has 4 aromatic heterocycles. The highest BCUT2D eigenvalue weighted by Gasteiger charge is 2.20. The molecule has 0 spiro atoms. The molecule has 12 aromatic rings. The largest absolute Gasteiger partial charge is 0.456 e. The lowest BCUT2D eigenvalue weighted by Gasteiger charge is -2.10. The molecule has 0 aliphatic rings. The molecular formula is C53H33N3O. The summed E-state index contributed by atoms with van der Waals surface area (Å²) in [5.74, 6) is 0. The van der Waals surface area contributed by atoms with Gasteiger partial charge in [-0.1, -0.05) is 133 Å². The maximum absolute atomic E-state index is 6.50. The molecule has 0 radical (unpaired) electrons. The Bertz CT molecular complexity index is 3500. The number of rotatable bonds is 5. The Morgan fingerprint density at radius 3 is 1.91 bits per heavy atom. The van der Waals surface area contributed by atoms with Crippen LogP contribution >= 0.6 is 0 Å². The van der Waals surface area contributed by atoms with E-state index in [2.05, 4.69) is 209 Å². The van der Waals surface area contributed by atoms with Crippen LogP contribution in [0.2, 0.25) is 0 Å². The first-order valence-electron chi connectivity index (χ1n) is 19.4. The van der Waals surface area contributed by atoms with Gasteiger partial charge in [-0.2, -0.15) is 0 Å². The van der Waals surface area contributed by atoms with Gasteiger partial charge in [0.1, 0.15) is 16.8 Å². The van der Waals surface area contributed by atoms with Crippen molar-refractivity contribution in [3.63, 3.8) is 0 Å². The van der Waals surface area contributed by atoms with Crippen LogP contribution in [0.3, 0.4) is 0 Å². The lowest BCUT2D eigenvalue weighted by atomic mass is 9.95. The van der Waals surface area contributed by atoms with Crippen molar-refractivity contribution >= 4 is 60.3 Å². The fraction of sp³-hybridized carbons (Fsp3) is 0. The summed E-state index contributed by atoms with van der Waals surface area (Å²) in [7, 11) is 0. The van der Waals surface area contributed by atoms with Crippen LogP contribution in [0.15, 0.2) is 205 Å². The third-order valence-electron chi connectivity index (χ3n) is 11.5. The minimum Gasteiger partial charge on any atom is -0.456 e. The van der Waals surface area contributed by atoms with Crippen LogP contribution in [-0.4, -0.2) is 14.0 Å². The molecule has 0 saturated carbocycles. The Morgan fingerprint density at radius 2 is 1.07 bits per heavy atom. The van der Waals surface area contributed by atoms with Gasteiger partial charge < -0.3 is 8.98 Å². The highest BCUT2D eigenvalue weighted by Crippen LogP contribution is 2.41. The first-order chi connectivity index (χ1) is 28.3. The Hall–Kier alpha value is -7.69. The minimum atomic E-state index is 0.878. The molecule has 0 aliphatic heterocycles. The number of pyridine rings is 1. The summed E-state index contributed by atoms with van der Waals surface area (Å²) in [4.78, 5) is 5.23. The molecule has 0 atom stereocenters. The molecule has 4 heteroatoms. The van der Waals surface area contributed by atoms with Gasteiger partial charge in [0.05, 0.1) is 27.9 Å². The molecule has 12 rings (SSSR count). The molecule has 0 fully saturated rings. The summed E-state index contributed by atoms with van der Waals surface area (Å²) in [6.07, 6.45) is 0. The predicted octanol–water partition coefficient (Wildman–Crippen LogP) is 14.2. The van der Waals surface area contributed by atoms with Crippen molar-refractivity contribution < 1.29 is 4.42 Å². The van der Waals surface area contributed by atoms with Gasteiger partial charge in [0.2, 0.25) is 0 Å². The van der Waals surface area contributed by atoms with E-state index >= 15 is 0 Å². The number of benzene rings is 8. The van der Waals surface area contributed by atoms with Gasteiger partial charge in [0, 0.05) is 38.4 Å². The van der Waals surface area contributed by atoms with Crippen LogP contribution in [0, 0.1) is 0 Å². The smallest absolute Gasteiger partial charge is 0.138 e. The third-order valence-corrected chi connectivity index (χ3v) is 11.5. The summed E-state index contributed by atoms with van der Waals surface area (Å²) < 4.78 is 11.2. The second kappa shape index (κ2) is 12.4. The quantitative estimate of drug-likeness (QED) is 0.177. The topological polar surface area (TPSA) is 35.4 Å². The van der Waals surface area contributed by atoms with Gasteiger partial charge in [-0.15, -0.1) is 0 Å². The van der Waals surface area contributed by atoms with E-state index in [1.807, 2.05) is 0 Å². The van der Waals surface area contributed by atoms with Gasteiger partial charge in [-0.25, -0.2) is 4.98 Å². The van der Waals surface area contributed by atoms with Crippen molar-refractivity contribution in [3.05, 3.63) is 200 Å². The first kappa shape index (κ1) is 31.6. The van der Waals surface area contributed by atoms with Crippen molar-refractivity contribution in [1.82, 2.24) is 14.0 Å². The molecule has 0 aliphatic carbocycles. The number of fused-ring (bicyclic) bond motifs is 9. The van der Waals surface area contributed by atoms with Gasteiger partial charge in [-0.3, -0.25) is 4.40 Å². The van der Waals surface area contributed by atoms with Crippen LogP contribution < -0.4 is 0 Å². The van der Waals surface area contributed by atoms with Gasteiger partial charge in [-0.05, 0) is 94.4 Å². The van der Waals surface area contributed by atoms with E-state index in [4.69, 9.17) is 9.40 Å². The Kier molecular flexibility index (Phi) is 6.89. The molecule has 0 unspecified atom stereocenters. The van der Waals surface area contributed by atoms with Crippen molar-refractivity contribution in [2.75, 3.05) is 0 Å². The van der Waals surface area contributed by atoms with E-state index in [0.717, 1.165) is 78.0 Å². The first-order valence-corrected chi connectivity index (χ1v) is 19.4. The lowest BCUT2D eigenvalue weighted by Crippen LogP contribution is -1.92. The second-order valence-corrected chi connectivity index (χ2v) is 14.7. The maximum Gasteiger partial charge on any atom is 0.138 e. The summed E-state index contributed by atoms with van der Waals surface area (Å²) >= 11 is 0. The Labute approximate surface area is 328 Å². The fourth-order valence-corrected chi connectivity index (χ4v) is 8.92. The zero-order valence-electron chi connectivity index (χ0n) is 30.8. The highest BCUT2D eigenvalue weighted by atomic mass is 16.3. The zero-order chi connectivity index (χ0) is 37.5. The van der Waals surface area contributed by atoms with E-state index in [-0.39, 0.29) is 0 Å². The number of furan rings is 1. The number of aromatic nitrogens is 3. The molecule has 57 heavy (non-hydrogen) atoms. The van der Waals surface area contributed by atoms with E-state index in [0.29, 0.717) is 0 Å². The Balaban J connectivity index is 0.980. The fourth-order valence-electron chi connectivity index (χ4n) is 8.92. The second-order valence-electron chi connectivity index (χ2n) is 14.7. The van der Waals surface area contributed by atoms with Crippen molar-refractivity contribution in [2.45, 2.75) is 0 Å². The van der Waals surface area contributed by atoms with E-state index in [1.54, 1.807) is 0 Å². The van der Waals surface area contributed by atoms with Crippen LogP contribution in [0.5, 0.6) is 0 Å². The molecular weight excluding hydrogens is 695 g/mol. The predicted molar refractivity (Wildman–Crippen MR) is 236 cm³/mol. The van der Waals surface area contributed by atoms with E-state index < -0.39 is 0 Å². The molecule has 4 heterocycles. The van der Waals surface area contributed by atoms with E-state index in [1.165, 1.54) is 32.8 Å². The molecule has 8 aromatic carbocycles. The van der Waals surface area contributed by atoms with Crippen LogP contribution in [0.4, 0.5) is 0 Å². The standard InChI is InChI=1S/C53H33N3O/c1-3-13-37(14-4-1)53-52(54-50-31-28-35-12-7-9-19-45(35)56(50)53)36-24-22-34(23-25-36)41-18-11-21-49-51(41)44-33-39(27-30-48(44)57-49)38-26-29-47-43(32-38)42-17-8-10-20-46(42)55(47)40-15-5-2-6-16-40/h1-33H. The summed E-state index contributed by atoms with van der Waals surface area (Å²) in [6.45, 7) is 0. The third kappa shape index (κ3) is 4.91. The van der Waals surface area contributed by atoms with Crippen LogP contribution in [0.1, 0.15) is 0 Å². The molecule has 4 nitrogen and oxygen atoms in total. The monoisotopic (exact) mass is 727 g/mol. The SMILES string of the molecule is c1ccc(-c2c(-c3ccc(-c4cccc5oc6ccc(-c7ccc8c(c7)c7ccccc7n8-c7ccccc7)cc6c45)cc3)nc3ccc4ccccc4n23)cc1. The Morgan fingerprint density at radius 1 is 0.404 bits per heavy atom. The van der Waals surface area contributed by atoms with Crippen molar-refractivity contribution in [3.8, 4) is 50.5 Å². The normalized spacial score (nSPS) is 11.9. The van der Waals surface area contributed by atoms with Crippen molar-refractivity contribution in [2.24, 2.45) is 0 Å². The van der Waals surface area contributed by atoms with Gasteiger partial charge in [0.25, 0.3) is 0 Å². The molecule has 0 N–H and O–H groups in total. The minimum absolute atomic E-state index is 0.878. The summed E-state index contributed by atoms with van der Waals surface area (Å²) in [5.41, 5.74) is 16.2. The zero-order valence-corrected chi connectivity index (χ0v) is 30.8. The maximum atomic E-state index is 6.50. The highest BCUT2D eigenvalue weighted by molar-refractivity contribution is 6.14. The summed E-state index contributed by atoms with van der Waals surface area (Å²) in [6, 6.07) is 71.3. The van der Waals surface area contributed by atoms with Gasteiger partial charge >= 0.3 is 0 Å². The number of imidazole rings is 1. The van der Waals surface area contributed by atoms with Crippen LogP contribution in [0.25, 0.3) is 111 Å². The molecule has 266 valence electrons. The molecule has 0 amide bonds. The molecule has 0 bridgehead atoms. The average molecular weight is 728 g/mol. The van der Waals surface area contributed by atoms with Crippen LogP contribution in [-0.2, 0) is 0 Å². The number of hydrogen-bond donors (Lipinski definition) is 0. The lowest BCUT2D eigenvalue weighted by molar-refractivity contribution is 0.669. The average Bonchev–Trinajstić information content (AvgIpc) is 3.97. The number of hydrogen-bond acceptors (Lipinski definition) is 2.